The van der Waals surface area contributed by atoms with Gasteiger partial charge in [0.1, 0.15) is 0 Å². The number of hydrogen-bond donors (Lipinski definition) is 1. The largest absolute Gasteiger partial charge is 0.317 e. The molecule has 0 unspecified atom stereocenters. The fourth-order valence-corrected chi connectivity index (χ4v) is 2.42. The minimum absolute atomic E-state index is 0.656. The van der Waals surface area contributed by atoms with Gasteiger partial charge < -0.3 is 4.57 Å². The van der Waals surface area contributed by atoms with Gasteiger partial charge in [-0.3, -0.25) is 5.41 Å². The highest BCUT2D eigenvalue weighted by atomic mass is 32.1. The monoisotopic (exact) mass is 192 g/mol. The van der Waals surface area contributed by atoms with Crippen LogP contribution in [0.25, 0.3) is 10.2 Å². The molecule has 13 heavy (non-hydrogen) atoms. The highest BCUT2D eigenvalue weighted by Crippen LogP contribution is 2.16. The molecular formula is C10H12N2S. The van der Waals surface area contributed by atoms with Gasteiger partial charge in [0.05, 0.1) is 10.2 Å². The lowest BCUT2D eigenvalue weighted by Gasteiger charge is -2.00. The molecule has 2 aromatic rings. The van der Waals surface area contributed by atoms with Gasteiger partial charge in [0.25, 0.3) is 0 Å². The molecule has 1 aromatic heterocycles. The quantitative estimate of drug-likeness (QED) is 0.757. The van der Waals surface area contributed by atoms with Crippen LogP contribution in [0.15, 0.2) is 24.3 Å². The summed E-state index contributed by atoms with van der Waals surface area (Å²) in [4.78, 5) is 0.656. The molecule has 0 aliphatic heterocycles. The molecule has 68 valence electrons. The fraction of sp³-hybridized carbons (Fsp3) is 0.300. The predicted octanol–water partition coefficient (Wildman–Crippen LogP) is 2.59. The van der Waals surface area contributed by atoms with Crippen molar-refractivity contribution in [2.45, 2.75) is 19.9 Å². The first kappa shape index (κ1) is 8.51. The number of aromatic nitrogens is 1. The van der Waals surface area contributed by atoms with Crippen molar-refractivity contribution >= 4 is 21.6 Å². The molecule has 1 N–H and O–H groups in total. The second-order valence-corrected chi connectivity index (χ2v) is 4.06. The molecule has 0 aliphatic carbocycles. The number of nitrogens with zero attached hydrogens (tertiary/aromatic N) is 1. The molecule has 0 saturated carbocycles. The molecule has 2 nitrogen and oxygen atoms in total. The maximum Gasteiger partial charge on any atom is 0.182 e. The summed E-state index contributed by atoms with van der Waals surface area (Å²) in [6.45, 7) is 3.09. The maximum atomic E-state index is 7.78. The van der Waals surface area contributed by atoms with Gasteiger partial charge in [0.15, 0.2) is 4.80 Å². The minimum Gasteiger partial charge on any atom is -0.317 e. The van der Waals surface area contributed by atoms with E-state index in [1.807, 2.05) is 12.1 Å². The van der Waals surface area contributed by atoms with E-state index in [1.165, 1.54) is 10.2 Å². The molecule has 0 amide bonds. The molecule has 1 aromatic carbocycles. The van der Waals surface area contributed by atoms with Crippen LogP contribution in [-0.2, 0) is 6.54 Å². The Hall–Kier alpha value is -1.09. The summed E-state index contributed by atoms with van der Waals surface area (Å²) in [6, 6.07) is 8.21. The Kier molecular flexibility index (Phi) is 2.19. The van der Waals surface area contributed by atoms with Crippen LogP contribution in [0.3, 0.4) is 0 Å². The number of hydrogen-bond acceptors (Lipinski definition) is 2. The molecule has 0 atom stereocenters. The van der Waals surface area contributed by atoms with Crippen molar-refractivity contribution < 1.29 is 0 Å². The number of fused-ring (bicyclic) bond motifs is 1. The van der Waals surface area contributed by atoms with Crippen LogP contribution in [0, 0.1) is 5.41 Å². The van der Waals surface area contributed by atoms with Crippen molar-refractivity contribution in [2.75, 3.05) is 0 Å². The van der Waals surface area contributed by atoms with Crippen LogP contribution in [0.2, 0.25) is 0 Å². The SMILES string of the molecule is CCCn1c(=N)sc2ccccc21. The summed E-state index contributed by atoms with van der Waals surface area (Å²) in [5, 5.41) is 7.78. The zero-order valence-corrected chi connectivity index (χ0v) is 8.40. The van der Waals surface area contributed by atoms with Crippen LogP contribution in [0.4, 0.5) is 0 Å². The summed E-state index contributed by atoms with van der Waals surface area (Å²) < 4.78 is 3.28. The van der Waals surface area contributed by atoms with Gasteiger partial charge >= 0.3 is 0 Å². The van der Waals surface area contributed by atoms with Gasteiger partial charge in [0, 0.05) is 6.54 Å². The van der Waals surface area contributed by atoms with E-state index in [9.17, 15) is 0 Å². The summed E-state index contributed by atoms with van der Waals surface area (Å²) >= 11 is 1.55. The van der Waals surface area contributed by atoms with Gasteiger partial charge in [-0.15, -0.1) is 0 Å². The Labute approximate surface area is 81.0 Å². The number of aryl methyl sites for hydroxylation is 1. The molecule has 2 rings (SSSR count). The lowest BCUT2D eigenvalue weighted by atomic mass is 10.3. The van der Waals surface area contributed by atoms with Crippen LogP contribution in [0.5, 0.6) is 0 Å². The zero-order chi connectivity index (χ0) is 9.26. The molecule has 0 spiro atoms. The smallest absolute Gasteiger partial charge is 0.182 e. The second kappa shape index (κ2) is 3.34. The molecule has 0 saturated heterocycles. The van der Waals surface area contributed by atoms with Crippen LogP contribution in [0.1, 0.15) is 13.3 Å². The van der Waals surface area contributed by atoms with Crippen molar-refractivity contribution in [2.24, 2.45) is 0 Å². The number of benzene rings is 1. The van der Waals surface area contributed by atoms with E-state index in [-0.39, 0.29) is 0 Å². The predicted molar refractivity (Wildman–Crippen MR) is 56.0 cm³/mol. The summed E-state index contributed by atoms with van der Waals surface area (Å²) in [5.41, 5.74) is 1.19. The number of nitrogens with one attached hydrogen (secondary N) is 1. The Morgan fingerprint density at radius 3 is 2.92 bits per heavy atom. The first-order valence-corrected chi connectivity index (χ1v) is 5.27. The Balaban J connectivity index is 2.71. The van der Waals surface area contributed by atoms with E-state index in [1.54, 1.807) is 11.3 Å². The Morgan fingerprint density at radius 1 is 1.38 bits per heavy atom. The lowest BCUT2D eigenvalue weighted by molar-refractivity contribution is 0.676. The molecule has 0 bridgehead atoms. The van der Waals surface area contributed by atoms with Crippen molar-refractivity contribution in [1.29, 1.82) is 5.41 Å². The third-order valence-electron chi connectivity index (χ3n) is 2.06. The van der Waals surface area contributed by atoms with E-state index >= 15 is 0 Å². The van der Waals surface area contributed by atoms with Gasteiger partial charge in [-0.2, -0.15) is 0 Å². The van der Waals surface area contributed by atoms with Crippen molar-refractivity contribution in [3.05, 3.63) is 29.1 Å². The minimum atomic E-state index is 0.656. The average molecular weight is 192 g/mol. The van der Waals surface area contributed by atoms with E-state index in [4.69, 9.17) is 5.41 Å². The normalized spacial score (nSPS) is 10.8. The summed E-state index contributed by atoms with van der Waals surface area (Å²) in [7, 11) is 0. The third-order valence-corrected chi connectivity index (χ3v) is 3.03. The van der Waals surface area contributed by atoms with Gasteiger partial charge in [-0.05, 0) is 18.6 Å². The van der Waals surface area contributed by atoms with E-state index in [2.05, 4.69) is 23.6 Å². The van der Waals surface area contributed by atoms with E-state index in [0.717, 1.165) is 13.0 Å². The standard InChI is InChI=1S/C10H12N2S/c1-2-7-12-8-5-3-4-6-9(8)13-10(12)11/h3-6,11H,2,7H2,1H3. The Bertz CT molecular complexity index is 467. The Morgan fingerprint density at radius 2 is 2.15 bits per heavy atom. The first-order valence-electron chi connectivity index (χ1n) is 4.46. The van der Waals surface area contributed by atoms with Crippen molar-refractivity contribution in [3.63, 3.8) is 0 Å². The fourth-order valence-electron chi connectivity index (χ4n) is 1.48. The van der Waals surface area contributed by atoms with E-state index in [0.29, 0.717) is 4.80 Å². The van der Waals surface area contributed by atoms with Gasteiger partial charge in [-0.1, -0.05) is 30.4 Å². The van der Waals surface area contributed by atoms with Crippen molar-refractivity contribution in [1.82, 2.24) is 4.57 Å². The van der Waals surface area contributed by atoms with Crippen molar-refractivity contribution in [3.8, 4) is 0 Å². The second-order valence-electron chi connectivity index (χ2n) is 3.03. The van der Waals surface area contributed by atoms with Crippen LogP contribution < -0.4 is 4.80 Å². The van der Waals surface area contributed by atoms with Crippen LogP contribution >= 0.6 is 11.3 Å². The number of rotatable bonds is 2. The third kappa shape index (κ3) is 1.40. The molecule has 1 heterocycles. The zero-order valence-electron chi connectivity index (χ0n) is 7.58. The molecule has 0 fully saturated rings. The molecule has 0 aliphatic rings. The number of para-hydroxylation sites is 1. The van der Waals surface area contributed by atoms with Gasteiger partial charge in [0.2, 0.25) is 0 Å². The molecular weight excluding hydrogens is 180 g/mol. The summed E-state index contributed by atoms with van der Waals surface area (Å²) in [6.07, 6.45) is 1.08. The van der Waals surface area contributed by atoms with E-state index < -0.39 is 0 Å². The summed E-state index contributed by atoms with van der Waals surface area (Å²) in [5.74, 6) is 0. The highest BCUT2D eigenvalue weighted by molar-refractivity contribution is 7.16. The maximum absolute atomic E-state index is 7.78. The first-order chi connectivity index (χ1) is 6.33. The lowest BCUT2D eigenvalue weighted by Crippen LogP contribution is -2.12. The molecule has 0 radical (unpaired) electrons. The van der Waals surface area contributed by atoms with Crippen LogP contribution in [-0.4, -0.2) is 4.57 Å². The topological polar surface area (TPSA) is 28.8 Å². The number of thiazole rings is 1. The highest BCUT2D eigenvalue weighted by Gasteiger charge is 2.01. The van der Waals surface area contributed by atoms with Gasteiger partial charge in [-0.25, -0.2) is 0 Å². The molecule has 3 heteroatoms. The average Bonchev–Trinajstić information content (AvgIpc) is 2.44.